The minimum Gasteiger partial charge on any atom is -0.490 e. The second-order valence-corrected chi connectivity index (χ2v) is 6.79. The molecule has 0 spiro atoms. The summed E-state index contributed by atoms with van der Waals surface area (Å²) in [4.78, 5) is 24.2. The van der Waals surface area contributed by atoms with Crippen molar-refractivity contribution in [3.05, 3.63) is 89.5 Å². The summed E-state index contributed by atoms with van der Waals surface area (Å²) in [7, 11) is 0. The predicted octanol–water partition coefficient (Wildman–Crippen LogP) is 4.14. The molecule has 0 aliphatic rings. The van der Waals surface area contributed by atoms with Gasteiger partial charge in [0.05, 0.1) is 18.4 Å². The Labute approximate surface area is 186 Å². The Morgan fingerprint density at radius 3 is 2.41 bits per heavy atom. The summed E-state index contributed by atoms with van der Waals surface area (Å²) in [6.07, 6.45) is 1.47. The van der Waals surface area contributed by atoms with E-state index in [0.717, 1.165) is 5.56 Å². The van der Waals surface area contributed by atoms with Crippen LogP contribution < -0.4 is 19.6 Å². The fourth-order valence-corrected chi connectivity index (χ4v) is 2.69. The number of ether oxygens (including phenoxy) is 3. The third-order valence-corrected chi connectivity index (χ3v) is 4.27. The number of hydrazone groups is 1. The normalized spacial score (nSPS) is 10.6. The van der Waals surface area contributed by atoms with Crippen LogP contribution in [0, 0.1) is 6.92 Å². The standard InChI is InChI=1S/C25H24N2O5/c1-3-30-23-15-19(11-14-22(23)32-25(29)20-7-5-4-6-8-20)16-26-27-24(28)17-31-21-12-9-18(2)10-13-21/h4-16H,3,17H2,1-2H3,(H,27,28). The molecule has 0 aromatic heterocycles. The Kier molecular flexibility index (Phi) is 7.97. The molecule has 0 atom stereocenters. The topological polar surface area (TPSA) is 86.2 Å². The largest absolute Gasteiger partial charge is 0.490 e. The number of nitrogens with zero attached hydrogens (tertiary/aromatic N) is 1. The van der Waals surface area contributed by atoms with E-state index >= 15 is 0 Å². The van der Waals surface area contributed by atoms with Crippen molar-refractivity contribution < 1.29 is 23.8 Å². The van der Waals surface area contributed by atoms with Gasteiger partial charge in [0, 0.05) is 0 Å². The highest BCUT2D eigenvalue weighted by molar-refractivity contribution is 5.91. The summed E-state index contributed by atoms with van der Waals surface area (Å²) >= 11 is 0. The van der Waals surface area contributed by atoms with Crippen LogP contribution in [0.3, 0.4) is 0 Å². The molecule has 7 heteroatoms. The average molecular weight is 432 g/mol. The maximum absolute atomic E-state index is 12.3. The first-order valence-corrected chi connectivity index (χ1v) is 10.1. The van der Waals surface area contributed by atoms with Crippen molar-refractivity contribution in [1.82, 2.24) is 5.43 Å². The highest BCUT2D eigenvalue weighted by atomic mass is 16.6. The third-order valence-electron chi connectivity index (χ3n) is 4.27. The van der Waals surface area contributed by atoms with E-state index in [2.05, 4.69) is 10.5 Å². The molecule has 164 valence electrons. The second-order valence-electron chi connectivity index (χ2n) is 6.79. The lowest BCUT2D eigenvalue weighted by Gasteiger charge is -2.11. The van der Waals surface area contributed by atoms with Crippen LogP contribution in [-0.4, -0.2) is 31.3 Å². The van der Waals surface area contributed by atoms with Crippen LogP contribution >= 0.6 is 0 Å². The summed E-state index contributed by atoms with van der Waals surface area (Å²) in [6.45, 7) is 4.04. The van der Waals surface area contributed by atoms with E-state index in [9.17, 15) is 9.59 Å². The fraction of sp³-hybridized carbons (Fsp3) is 0.160. The highest BCUT2D eigenvalue weighted by Gasteiger charge is 2.13. The van der Waals surface area contributed by atoms with Crippen molar-refractivity contribution in [1.29, 1.82) is 0 Å². The Morgan fingerprint density at radius 1 is 0.938 bits per heavy atom. The number of benzene rings is 3. The maximum atomic E-state index is 12.3. The van der Waals surface area contributed by atoms with Gasteiger partial charge in [0.15, 0.2) is 18.1 Å². The van der Waals surface area contributed by atoms with E-state index in [0.29, 0.717) is 35.0 Å². The Balaban J connectivity index is 1.58. The molecular formula is C25H24N2O5. The van der Waals surface area contributed by atoms with Crippen molar-refractivity contribution in [2.75, 3.05) is 13.2 Å². The van der Waals surface area contributed by atoms with Crippen molar-refractivity contribution in [3.63, 3.8) is 0 Å². The summed E-state index contributed by atoms with van der Waals surface area (Å²) in [6, 6.07) is 21.1. The van der Waals surface area contributed by atoms with Gasteiger partial charge in [-0.3, -0.25) is 4.79 Å². The summed E-state index contributed by atoms with van der Waals surface area (Å²) in [5, 5.41) is 3.94. The second kappa shape index (κ2) is 11.3. The molecule has 1 N–H and O–H groups in total. The first-order chi connectivity index (χ1) is 15.5. The van der Waals surface area contributed by atoms with Crippen LogP contribution in [0.1, 0.15) is 28.4 Å². The lowest BCUT2D eigenvalue weighted by Crippen LogP contribution is -2.24. The van der Waals surface area contributed by atoms with E-state index < -0.39 is 5.97 Å². The van der Waals surface area contributed by atoms with Crippen LogP contribution in [0.2, 0.25) is 0 Å². The SMILES string of the molecule is CCOc1cc(C=NNC(=O)COc2ccc(C)cc2)ccc1OC(=O)c1ccccc1. The summed E-state index contributed by atoms with van der Waals surface area (Å²) in [5.41, 5.74) is 4.62. The zero-order chi connectivity index (χ0) is 22.8. The number of hydrogen-bond acceptors (Lipinski definition) is 6. The number of amides is 1. The van der Waals surface area contributed by atoms with Gasteiger partial charge in [-0.1, -0.05) is 35.9 Å². The maximum Gasteiger partial charge on any atom is 0.343 e. The number of carbonyl (C=O) groups excluding carboxylic acids is 2. The first kappa shape index (κ1) is 22.6. The molecule has 0 saturated heterocycles. The smallest absolute Gasteiger partial charge is 0.343 e. The summed E-state index contributed by atoms with van der Waals surface area (Å²) in [5.74, 6) is 0.439. The van der Waals surface area contributed by atoms with Crippen molar-refractivity contribution in [3.8, 4) is 17.2 Å². The minimum atomic E-state index is -0.478. The van der Waals surface area contributed by atoms with Crippen LogP contribution in [0.4, 0.5) is 0 Å². The molecule has 3 rings (SSSR count). The van der Waals surface area contributed by atoms with Gasteiger partial charge in [-0.2, -0.15) is 5.10 Å². The van der Waals surface area contributed by atoms with Gasteiger partial charge >= 0.3 is 5.97 Å². The Bertz CT molecular complexity index is 1080. The Morgan fingerprint density at radius 2 is 1.69 bits per heavy atom. The van der Waals surface area contributed by atoms with Gasteiger partial charge in [0.25, 0.3) is 5.91 Å². The highest BCUT2D eigenvalue weighted by Crippen LogP contribution is 2.29. The van der Waals surface area contributed by atoms with E-state index in [1.807, 2.05) is 32.0 Å². The molecule has 0 radical (unpaired) electrons. The average Bonchev–Trinajstić information content (AvgIpc) is 2.81. The van der Waals surface area contributed by atoms with Crippen molar-refractivity contribution in [2.45, 2.75) is 13.8 Å². The van der Waals surface area contributed by atoms with Gasteiger partial charge in [-0.25, -0.2) is 10.2 Å². The molecule has 7 nitrogen and oxygen atoms in total. The van der Waals surface area contributed by atoms with Gasteiger partial charge in [0.1, 0.15) is 5.75 Å². The number of hydrogen-bond donors (Lipinski definition) is 1. The van der Waals surface area contributed by atoms with Gasteiger partial charge in [-0.05, 0) is 61.9 Å². The van der Waals surface area contributed by atoms with Crippen LogP contribution in [-0.2, 0) is 4.79 Å². The monoisotopic (exact) mass is 432 g/mol. The molecule has 1 amide bonds. The number of carbonyl (C=O) groups is 2. The zero-order valence-electron chi connectivity index (χ0n) is 17.9. The lowest BCUT2D eigenvalue weighted by atomic mass is 10.2. The van der Waals surface area contributed by atoms with Gasteiger partial charge in [0.2, 0.25) is 0 Å². The van der Waals surface area contributed by atoms with Crippen LogP contribution in [0.5, 0.6) is 17.2 Å². The molecule has 32 heavy (non-hydrogen) atoms. The number of aryl methyl sites for hydroxylation is 1. The fourth-order valence-electron chi connectivity index (χ4n) is 2.69. The number of esters is 1. The van der Waals surface area contributed by atoms with E-state index in [4.69, 9.17) is 14.2 Å². The molecule has 3 aromatic carbocycles. The molecule has 0 fully saturated rings. The van der Waals surface area contributed by atoms with E-state index in [-0.39, 0.29) is 12.5 Å². The number of rotatable bonds is 9. The number of nitrogens with one attached hydrogen (secondary N) is 1. The molecule has 0 bridgehead atoms. The van der Waals surface area contributed by atoms with Gasteiger partial charge < -0.3 is 14.2 Å². The molecule has 0 heterocycles. The molecule has 0 saturated carbocycles. The molecule has 0 aliphatic carbocycles. The first-order valence-electron chi connectivity index (χ1n) is 10.1. The molecule has 0 aliphatic heterocycles. The summed E-state index contributed by atoms with van der Waals surface area (Å²) < 4.78 is 16.5. The third kappa shape index (κ3) is 6.70. The molecular weight excluding hydrogens is 408 g/mol. The van der Waals surface area contributed by atoms with Crippen molar-refractivity contribution >= 4 is 18.1 Å². The van der Waals surface area contributed by atoms with Gasteiger partial charge in [-0.15, -0.1) is 0 Å². The van der Waals surface area contributed by atoms with Crippen LogP contribution in [0.25, 0.3) is 0 Å². The van der Waals surface area contributed by atoms with E-state index in [1.165, 1.54) is 6.21 Å². The zero-order valence-corrected chi connectivity index (χ0v) is 17.9. The molecule has 3 aromatic rings. The van der Waals surface area contributed by atoms with E-state index in [1.54, 1.807) is 54.6 Å². The quantitative estimate of drug-likeness (QED) is 0.238. The van der Waals surface area contributed by atoms with Crippen LogP contribution in [0.15, 0.2) is 77.9 Å². The minimum absolute atomic E-state index is 0.154. The van der Waals surface area contributed by atoms with Crippen molar-refractivity contribution in [2.24, 2.45) is 5.10 Å². The predicted molar refractivity (Wildman–Crippen MR) is 121 cm³/mol. The molecule has 0 unspecified atom stereocenters. The Hall–Kier alpha value is -4.13. The lowest BCUT2D eigenvalue weighted by molar-refractivity contribution is -0.123.